The quantitative estimate of drug-likeness (QED) is 0.748. The van der Waals surface area contributed by atoms with Crippen molar-refractivity contribution in [1.29, 1.82) is 0 Å². The van der Waals surface area contributed by atoms with Gasteiger partial charge in [0.2, 0.25) is 5.91 Å². The molecule has 0 bridgehead atoms. The van der Waals surface area contributed by atoms with Crippen LogP contribution < -0.4 is 0 Å². The van der Waals surface area contributed by atoms with Crippen LogP contribution in [0.3, 0.4) is 0 Å². The van der Waals surface area contributed by atoms with Crippen molar-refractivity contribution >= 4 is 5.91 Å². The molecule has 2 saturated heterocycles. The van der Waals surface area contributed by atoms with Gasteiger partial charge in [-0.2, -0.15) is 0 Å². The van der Waals surface area contributed by atoms with Crippen molar-refractivity contribution in [3.05, 3.63) is 0 Å². The van der Waals surface area contributed by atoms with Gasteiger partial charge in [-0.15, -0.1) is 0 Å². The average Bonchev–Trinajstić information content (AvgIpc) is 2.74. The van der Waals surface area contributed by atoms with Crippen LogP contribution in [0.5, 0.6) is 0 Å². The zero-order valence-electron chi connectivity index (χ0n) is 11.3. The minimum atomic E-state index is -0.0519. The molecule has 2 rings (SSSR count). The van der Waals surface area contributed by atoms with Crippen LogP contribution in [0.25, 0.3) is 0 Å². The minimum absolute atomic E-state index is 0.0519. The highest BCUT2D eigenvalue weighted by atomic mass is 16.6. The van der Waals surface area contributed by atoms with Crippen LogP contribution in [-0.4, -0.2) is 62.5 Å². The fourth-order valence-electron chi connectivity index (χ4n) is 2.87. The third-order valence-electron chi connectivity index (χ3n) is 3.87. The Morgan fingerprint density at radius 3 is 2.78 bits per heavy atom. The number of carbonyl (C=O) groups excluding carboxylic acids is 1. The van der Waals surface area contributed by atoms with E-state index in [1.54, 1.807) is 7.11 Å². The monoisotopic (exact) mass is 257 g/mol. The molecular formula is C13H23NO4. The van der Waals surface area contributed by atoms with Gasteiger partial charge in [-0.25, -0.2) is 0 Å². The summed E-state index contributed by atoms with van der Waals surface area (Å²) in [5.74, 6) is 0.0757. The van der Waals surface area contributed by atoms with E-state index in [2.05, 4.69) is 0 Å². The van der Waals surface area contributed by atoms with Crippen molar-refractivity contribution in [2.75, 3.05) is 40.0 Å². The van der Waals surface area contributed by atoms with Gasteiger partial charge in [0.15, 0.2) is 0 Å². The van der Waals surface area contributed by atoms with E-state index < -0.39 is 0 Å². The van der Waals surface area contributed by atoms with Crippen molar-refractivity contribution < 1.29 is 19.0 Å². The number of rotatable bonds is 4. The predicted octanol–water partition coefficient (Wildman–Crippen LogP) is 0.819. The lowest BCUT2D eigenvalue weighted by Crippen LogP contribution is -2.47. The third kappa shape index (κ3) is 3.02. The number of hydrogen-bond donors (Lipinski definition) is 0. The largest absolute Gasteiger partial charge is 0.376 e. The Labute approximate surface area is 108 Å². The van der Waals surface area contributed by atoms with Crippen molar-refractivity contribution in [3.63, 3.8) is 0 Å². The van der Waals surface area contributed by atoms with E-state index in [1.807, 2.05) is 11.8 Å². The van der Waals surface area contributed by atoms with Gasteiger partial charge in [0, 0.05) is 33.2 Å². The van der Waals surface area contributed by atoms with Gasteiger partial charge in [0.05, 0.1) is 18.3 Å². The van der Waals surface area contributed by atoms with E-state index in [9.17, 15) is 4.79 Å². The molecule has 0 aliphatic carbocycles. The summed E-state index contributed by atoms with van der Waals surface area (Å²) in [6, 6.07) is 0. The number of ether oxygens (including phenoxy) is 3. The lowest BCUT2D eigenvalue weighted by Gasteiger charge is -2.38. The zero-order chi connectivity index (χ0) is 13.0. The second kappa shape index (κ2) is 5.99. The van der Waals surface area contributed by atoms with Gasteiger partial charge in [-0.05, 0) is 19.8 Å². The number of likely N-dealkylation sites (tertiary alicyclic amines) is 1. The Morgan fingerprint density at radius 1 is 1.44 bits per heavy atom. The molecule has 1 unspecified atom stereocenters. The molecule has 18 heavy (non-hydrogen) atoms. The molecule has 1 atom stereocenters. The van der Waals surface area contributed by atoms with Gasteiger partial charge in [-0.1, -0.05) is 0 Å². The second-order valence-electron chi connectivity index (χ2n) is 5.09. The van der Waals surface area contributed by atoms with Crippen molar-refractivity contribution in [1.82, 2.24) is 4.90 Å². The van der Waals surface area contributed by atoms with E-state index in [0.717, 1.165) is 39.0 Å². The molecule has 0 aromatic rings. The first-order valence-electron chi connectivity index (χ1n) is 6.71. The fourth-order valence-corrected chi connectivity index (χ4v) is 2.87. The minimum Gasteiger partial charge on any atom is -0.376 e. The van der Waals surface area contributed by atoms with E-state index in [-0.39, 0.29) is 24.2 Å². The highest BCUT2D eigenvalue weighted by molar-refractivity contribution is 5.77. The summed E-state index contributed by atoms with van der Waals surface area (Å²) in [4.78, 5) is 13.6. The smallest absolute Gasteiger partial charge is 0.248 e. The number of nitrogens with zero attached hydrogens (tertiary/aromatic N) is 1. The summed E-state index contributed by atoms with van der Waals surface area (Å²) in [5, 5.41) is 0. The molecule has 0 N–H and O–H groups in total. The Morgan fingerprint density at radius 2 is 2.17 bits per heavy atom. The molecule has 0 aromatic heterocycles. The second-order valence-corrected chi connectivity index (χ2v) is 5.09. The topological polar surface area (TPSA) is 48.0 Å². The number of amides is 1. The van der Waals surface area contributed by atoms with E-state index >= 15 is 0 Å². The maximum atomic E-state index is 11.7. The molecule has 0 radical (unpaired) electrons. The van der Waals surface area contributed by atoms with E-state index in [4.69, 9.17) is 14.2 Å². The number of carbonyl (C=O) groups is 1. The predicted molar refractivity (Wildman–Crippen MR) is 66.4 cm³/mol. The Kier molecular flexibility index (Phi) is 4.59. The molecule has 5 nitrogen and oxygen atoms in total. The van der Waals surface area contributed by atoms with Gasteiger partial charge in [0.1, 0.15) is 6.61 Å². The fraction of sp³-hybridized carbons (Fsp3) is 0.923. The van der Waals surface area contributed by atoms with Crippen LogP contribution in [0.2, 0.25) is 0 Å². The van der Waals surface area contributed by atoms with Gasteiger partial charge < -0.3 is 19.1 Å². The standard InChI is InChI=1S/C13H23NO4/c1-3-17-11-8-13(18-9-11)4-6-14(7-5-13)12(15)10-16-2/h11H,3-10H2,1-2H3. The van der Waals surface area contributed by atoms with Gasteiger partial charge >= 0.3 is 0 Å². The van der Waals surface area contributed by atoms with Crippen LogP contribution in [0.1, 0.15) is 26.2 Å². The average molecular weight is 257 g/mol. The maximum absolute atomic E-state index is 11.7. The molecule has 2 aliphatic rings. The summed E-state index contributed by atoms with van der Waals surface area (Å²) >= 11 is 0. The lowest BCUT2D eigenvalue weighted by molar-refractivity contribution is -0.139. The molecule has 104 valence electrons. The van der Waals surface area contributed by atoms with Crippen molar-refractivity contribution in [2.45, 2.75) is 37.9 Å². The van der Waals surface area contributed by atoms with Crippen LogP contribution in [0.15, 0.2) is 0 Å². The van der Waals surface area contributed by atoms with Crippen LogP contribution in [-0.2, 0) is 19.0 Å². The highest BCUT2D eigenvalue weighted by Gasteiger charge is 2.43. The SMILES string of the molecule is CCOC1COC2(CCN(C(=O)COC)CC2)C1. The molecular weight excluding hydrogens is 234 g/mol. The number of methoxy groups -OCH3 is 1. The normalized spacial score (nSPS) is 26.8. The number of piperidine rings is 1. The number of hydrogen-bond acceptors (Lipinski definition) is 4. The first-order valence-corrected chi connectivity index (χ1v) is 6.71. The molecule has 1 amide bonds. The summed E-state index contributed by atoms with van der Waals surface area (Å²) in [7, 11) is 1.55. The Balaban J connectivity index is 1.81. The van der Waals surface area contributed by atoms with E-state index in [0.29, 0.717) is 6.61 Å². The maximum Gasteiger partial charge on any atom is 0.248 e. The van der Waals surface area contributed by atoms with Gasteiger partial charge in [0.25, 0.3) is 0 Å². The van der Waals surface area contributed by atoms with Crippen LogP contribution in [0.4, 0.5) is 0 Å². The van der Waals surface area contributed by atoms with Crippen molar-refractivity contribution in [2.24, 2.45) is 0 Å². The summed E-state index contributed by atoms with van der Waals surface area (Å²) in [5.41, 5.74) is -0.0519. The molecule has 2 fully saturated rings. The zero-order valence-corrected chi connectivity index (χ0v) is 11.3. The molecule has 2 aliphatic heterocycles. The molecule has 0 saturated carbocycles. The summed E-state index contributed by atoms with van der Waals surface area (Å²) < 4.78 is 16.4. The molecule has 1 spiro atoms. The molecule has 0 aromatic carbocycles. The van der Waals surface area contributed by atoms with Crippen molar-refractivity contribution in [3.8, 4) is 0 Å². The molecule has 5 heteroatoms. The first kappa shape index (κ1) is 13.8. The summed E-state index contributed by atoms with van der Waals surface area (Å²) in [6.45, 7) is 5.15. The van der Waals surface area contributed by atoms with Crippen LogP contribution >= 0.6 is 0 Å². The molecule has 2 heterocycles. The lowest BCUT2D eigenvalue weighted by atomic mass is 9.88. The van der Waals surface area contributed by atoms with Crippen LogP contribution in [0, 0.1) is 0 Å². The summed E-state index contributed by atoms with van der Waals surface area (Å²) in [6.07, 6.45) is 3.02. The third-order valence-corrected chi connectivity index (χ3v) is 3.87. The Bertz CT molecular complexity index is 287. The van der Waals surface area contributed by atoms with E-state index in [1.165, 1.54) is 0 Å². The Hall–Kier alpha value is -0.650. The van der Waals surface area contributed by atoms with Gasteiger partial charge in [-0.3, -0.25) is 4.79 Å². The first-order chi connectivity index (χ1) is 8.69. The highest BCUT2D eigenvalue weighted by Crippen LogP contribution is 2.36.